The highest BCUT2D eigenvalue weighted by molar-refractivity contribution is 5.80. The van der Waals surface area contributed by atoms with Crippen molar-refractivity contribution < 1.29 is 4.74 Å². The highest BCUT2D eigenvalue weighted by Crippen LogP contribution is 2.25. The van der Waals surface area contributed by atoms with Crippen LogP contribution < -0.4 is 5.32 Å². The molecule has 0 atom stereocenters. The van der Waals surface area contributed by atoms with Crippen LogP contribution in [-0.4, -0.2) is 73.7 Å². The van der Waals surface area contributed by atoms with E-state index in [0.29, 0.717) is 12.5 Å². The van der Waals surface area contributed by atoms with Gasteiger partial charge in [0.25, 0.3) is 0 Å². The van der Waals surface area contributed by atoms with Crippen molar-refractivity contribution in [3.05, 3.63) is 23.8 Å². The fraction of sp³-hybridized carbons (Fsp3) is 0.722. The minimum Gasteiger partial charge on any atom is -0.382 e. The van der Waals surface area contributed by atoms with E-state index in [1.165, 1.54) is 0 Å². The topological polar surface area (TPSA) is 109 Å². The molecule has 1 aliphatic rings. The second-order valence-corrected chi connectivity index (χ2v) is 6.97. The van der Waals surface area contributed by atoms with E-state index >= 15 is 0 Å². The van der Waals surface area contributed by atoms with Gasteiger partial charge in [0.05, 0.1) is 0 Å². The smallest absolute Gasteiger partial charge is 0.194 e. The number of ether oxygens (including phenoxy) is 1. The highest BCUT2D eigenvalue weighted by atomic mass is 16.5. The zero-order valence-corrected chi connectivity index (χ0v) is 17.1. The van der Waals surface area contributed by atoms with Crippen LogP contribution in [0.1, 0.15) is 49.6 Å². The van der Waals surface area contributed by atoms with Crippen molar-refractivity contribution in [1.29, 1.82) is 0 Å². The molecule has 0 saturated carbocycles. The average Bonchev–Trinajstić information content (AvgIpc) is 3.36. The number of likely N-dealkylation sites (tertiary alicyclic amines) is 1. The number of hydrogen-bond donors (Lipinski definition) is 2. The zero-order valence-electron chi connectivity index (χ0n) is 17.1. The lowest BCUT2D eigenvalue weighted by molar-refractivity contribution is 0.145. The van der Waals surface area contributed by atoms with Crippen LogP contribution in [0.2, 0.25) is 0 Å². The van der Waals surface area contributed by atoms with E-state index in [0.717, 1.165) is 75.5 Å². The molecule has 154 valence electrons. The molecular weight excluding hydrogens is 358 g/mol. The first-order valence-corrected chi connectivity index (χ1v) is 10.00. The number of aromatic nitrogens is 6. The lowest BCUT2D eigenvalue weighted by atomic mass is 9.96. The molecule has 1 aliphatic heterocycles. The van der Waals surface area contributed by atoms with Gasteiger partial charge in [-0.1, -0.05) is 0 Å². The van der Waals surface area contributed by atoms with Crippen molar-refractivity contribution in [2.45, 2.75) is 45.6 Å². The standard InChI is InChI=1S/C18H31N9O/c1-4-28-11-5-8-19-18(20-12-16-24-23-14(2)26(16)3)27-9-6-15(7-10-27)17-21-13-22-25-17/h13,15H,4-12H2,1-3H3,(H,19,20)(H,21,22,25). The molecule has 1 saturated heterocycles. The summed E-state index contributed by atoms with van der Waals surface area (Å²) in [6.07, 6.45) is 4.58. The third kappa shape index (κ3) is 5.28. The monoisotopic (exact) mass is 389 g/mol. The molecule has 28 heavy (non-hydrogen) atoms. The molecule has 10 heteroatoms. The predicted molar refractivity (Wildman–Crippen MR) is 106 cm³/mol. The summed E-state index contributed by atoms with van der Waals surface area (Å²) < 4.78 is 7.41. The summed E-state index contributed by atoms with van der Waals surface area (Å²) in [5.74, 6) is 4.09. The van der Waals surface area contributed by atoms with Crippen LogP contribution in [0.3, 0.4) is 0 Å². The molecule has 3 rings (SSSR count). The molecule has 0 amide bonds. The first-order valence-electron chi connectivity index (χ1n) is 10.00. The molecule has 0 unspecified atom stereocenters. The Morgan fingerprint density at radius 2 is 2.18 bits per heavy atom. The molecule has 0 aromatic carbocycles. The Hall–Kier alpha value is -2.49. The third-order valence-corrected chi connectivity index (χ3v) is 5.12. The van der Waals surface area contributed by atoms with Crippen molar-refractivity contribution in [2.24, 2.45) is 12.0 Å². The summed E-state index contributed by atoms with van der Waals surface area (Å²) in [6.45, 7) is 8.67. The fourth-order valence-electron chi connectivity index (χ4n) is 3.30. The van der Waals surface area contributed by atoms with Gasteiger partial charge in [-0.2, -0.15) is 5.10 Å². The second kappa shape index (κ2) is 10.2. The number of aromatic amines is 1. The van der Waals surface area contributed by atoms with E-state index in [-0.39, 0.29) is 0 Å². The predicted octanol–water partition coefficient (Wildman–Crippen LogP) is 0.993. The van der Waals surface area contributed by atoms with Gasteiger partial charge in [0.1, 0.15) is 24.5 Å². The van der Waals surface area contributed by atoms with Gasteiger partial charge in [-0.3, -0.25) is 5.10 Å². The summed E-state index contributed by atoms with van der Waals surface area (Å²) in [6, 6.07) is 0. The highest BCUT2D eigenvalue weighted by Gasteiger charge is 2.24. The van der Waals surface area contributed by atoms with Gasteiger partial charge >= 0.3 is 0 Å². The van der Waals surface area contributed by atoms with Gasteiger partial charge < -0.3 is 19.5 Å². The number of nitrogens with zero attached hydrogens (tertiary/aromatic N) is 7. The van der Waals surface area contributed by atoms with E-state index < -0.39 is 0 Å². The van der Waals surface area contributed by atoms with Crippen LogP contribution in [0.15, 0.2) is 11.3 Å². The average molecular weight is 390 g/mol. The minimum atomic E-state index is 0.430. The number of piperidine rings is 1. The van der Waals surface area contributed by atoms with Gasteiger partial charge in [0.2, 0.25) is 0 Å². The van der Waals surface area contributed by atoms with Gasteiger partial charge in [-0.15, -0.1) is 10.2 Å². The number of aliphatic imine (C=N–C) groups is 1. The number of guanidine groups is 1. The molecule has 0 aliphatic carbocycles. The number of hydrogen-bond acceptors (Lipinski definition) is 6. The van der Waals surface area contributed by atoms with Crippen LogP contribution in [0.4, 0.5) is 0 Å². The van der Waals surface area contributed by atoms with E-state index in [1.54, 1.807) is 6.33 Å². The van der Waals surface area contributed by atoms with Gasteiger partial charge in [0, 0.05) is 45.8 Å². The second-order valence-electron chi connectivity index (χ2n) is 6.97. The molecule has 2 aromatic rings. The van der Waals surface area contributed by atoms with E-state index in [4.69, 9.17) is 9.73 Å². The Kier molecular flexibility index (Phi) is 7.35. The summed E-state index contributed by atoms with van der Waals surface area (Å²) in [5, 5.41) is 18.8. The van der Waals surface area contributed by atoms with Crippen molar-refractivity contribution in [3.63, 3.8) is 0 Å². The van der Waals surface area contributed by atoms with Crippen molar-refractivity contribution in [1.82, 2.24) is 40.2 Å². The quantitative estimate of drug-likeness (QED) is 0.394. The Bertz CT molecular complexity index is 732. The van der Waals surface area contributed by atoms with Crippen LogP contribution >= 0.6 is 0 Å². The van der Waals surface area contributed by atoms with E-state index in [1.807, 2.05) is 25.5 Å². The zero-order chi connectivity index (χ0) is 19.8. The minimum absolute atomic E-state index is 0.430. The van der Waals surface area contributed by atoms with Crippen LogP contribution in [0.5, 0.6) is 0 Å². The van der Waals surface area contributed by atoms with Crippen molar-refractivity contribution in [2.75, 3.05) is 32.8 Å². The molecule has 0 spiro atoms. The maximum Gasteiger partial charge on any atom is 0.194 e. The Morgan fingerprint density at radius 3 is 2.82 bits per heavy atom. The first kappa shape index (κ1) is 20.2. The normalized spacial score (nSPS) is 16.0. The fourth-order valence-corrected chi connectivity index (χ4v) is 3.30. The third-order valence-electron chi connectivity index (χ3n) is 5.12. The number of rotatable bonds is 8. The maximum atomic E-state index is 5.43. The van der Waals surface area contributed by atoms with Gasteiger partial charge in [0.15, 0.2) is 11.8 Å². The van der Waals surface area contributed by atoms with E-state index in [9.17, 15) is 0 Å². The molecule has 2 N–H and O–H groups in total. The molecule has 0 bridgehead atoms. The van der Waals surface area contributed by atoms with Gasteiger partial charge in [-0.25, -0.2) is 9.98 Å². The van der Waals surface area contributed by atoms with Crippen LogP contribution in [0.25, 0.3) is 0 Å². The van der Waals surface area contributed by atoms with E-state index in [2.05, 4.69) is 35.6 Å². The summed E-state index contributed by atoms with van der Waals surface area (Å²) in [5.41, 5.74) is 0. The Morgan fingerprint density at radius 1 is 1.36 bits per heavy atom. The SMILES string of the molecule is CCOCCCNC(=NCc1nnc(C)n1C)N1CCC(c2ncn[nH]2)CC1. The Balaban J connectivity index is 1.60. The number of aryl methyl sites for hydroxylation is 1. The molecule has 3 heterocycles. The van der Waals surface area contributed by atoms with Gasteiger partial charge in [-0.05, 0) is 33.1 Å². The molecule has 2 aromatic heterocycles. The summed E-state index contributed by atoms with van der Waals surface area (Å²) in [4.78, 5) is 11.5. The molecule has 0 radical (unpaired) electrons. The molecule has 1 fully saturated rings. The van der Waals surface area contributed by atoms with Crippen LogP contribution in [-0.2, 0) is 18.3 Å². The molecule has 10 nitrogen and oxygen atoms in total. The maximum absolute atomic E-state index is 5.43. The lowest BCUT2D eigenvalue weighted by Gasteiger charge is -2.33. The largest absolute Gasteiger partial charge is 0.382 e. The Labute approximate surface area is 165 Å². The summed E-state index contributed by atoms with van der Waals surface area (Å²) in [7, 11) is 1.97. The number of nitrogens with one attached hydrogen (secondary N) is 2. The van der Waals surface area contributed by atoms with Crippen LogP contribution in [0, 0.1) is 6.92 Å². The first-order chi connectivity index (χ1) is 13.7. The van der Waals surface area contributed by atoms with Crippen molar-refractivity contribution in [3.8, 4) is 0 Å². The summed E-state index contributed by atoms with van der Waals surface area (Å²) >= 11 is 0. The lowest BCUT2D eigenvalue weighted by Crippen LogP contribution is -2.46. The number of H-pyrrole nitrogens is 1. The molecular formula is C18H31N9O. The van der Waals surface area contributed by atoms with Crippen molar-refractivity contribution >= 4 is 5.96 Å².